The minimum absolute atomic E-state index is 0.129. The van der Waals surface area contributed by atoms with Crippen LogP contribution in [-0.2, 0) is 65.8 Å². The van der Waals surface area contributed by atoms with Crippen molar-refractivity contribution in [1.82, 2.24) is 20.6 Å². The van der Waals surface area contributed by atoms with Crippen molar-refractivity contribution in [2.45, 2.75) is 129 Å². The van der Waals surface area contributed by atoms with Crippen LogP contribution in [0.3, 0.4) is 0 Å². The van der Waals surface area contributed by atoms with Crippen LogP contribution in [0.4, 0.5) is 73.6 Å². The summed E-state index contributed by atoms with van der Waals surface area (Å²) in [7, 11) is 0. The molecule has 0 aliphatic carbocycles. The standard InChI is InChI=1S/2C31H29F6N3O5/c2*1-5-44-27(42)20-12-25-21(13-22(20)32)30(33,34)14-24(39-28(43)45-29(2,3)4)26(41)40(25)16-17-6-8-18(9-7-17)23-11-10-19(15-38-23)31(35,36)37/h2*6-13,15,24H,5,14,16H2,1-4H3,(H,39,43)/t24-;/m1./s1. The molecule has 28 heteroatoms. The Balaban J connectivity index is 0.000000256. The van der Waals surface area contributed by atoms with Crippen LogP contribution in [-0.4, -0.2) is 82.4 Å². The summed E-state index contributed by atoms with van der Waals surface area (Å²) in [6.45, 7) is 11.2. The number of carbonyl (C=O) groups is 6. The van der Waals surface area contributed by atoms with Gasteiger partial charge in [0, 0.05) is 47.5 Å². The molecule has 0 saturated heterocycles. The molecule has 16 nitrogen and oxygen atoms in total. The minimum atomic E-state index is -4.56. The molecule has 0 spiro atoms. The third-order valence-corrected chi connectivity index (χ3v) is 13.3. The Kier molecular flexibility index (Phi) is 20.1. The molecule has 0 saturated carbocycles. The van der Waals surface area contributed by atoms with Gasteiger partial charge in [0.15, 0.2) is 0 Å². The molecule has 4 heterocycles. The molecule has 6 aromatic rings. The monoisotopic (exact) mass is 1270 g/mol. The Morgan fingerprint density at radius 1 is 0.533 bits per heavy atom. The van der Waals surface area contributed by atoms with E-state index in [1.165, 1.54) is 74.5 Å². The second kappa shape index (κ2) is 26.5. The lowest BCUT2D eigenvalue weighted by atomic mass is 9.99. The van der Waals surface area contributed by atoms with E-state index in [1.807, 2.05) is 0 Å². The number of hydrogen-bond donors (Lipinski definition) is 2. The highest BCUT2D eigenvalue weighted by Gasteiger charge is 2.49. The summed E-state index contributed by atoms with van der Waals surface area (Å²) in [6, 6.07) is 15.1. The fourth-order valence-corrected chi connectivity index (χ4v) is 9.25. The molecular formula is C62H58F12N6O10. The first-order valence-electron chi connectivity index (χ1n) is 27.4. The van der Waals surface area contributed by atoms with Gasteiger partial charge in [-0.15, -0.1) is 0 Å². The SMILES string of the molecule is CCOC(=O)c1cc2c(cc1F)C(F)(F)CC(NC(=O)OC(C)(C)C)C(=O)N2Cc1ccc(-c2ccc(C(F)(F)F)cn2)cc1.CCOC(=O)c1cc2c(cc1F)C(F)(F)C[C@@H](NC(=O)OC(C)(C)C)C(=O)N2Cc1ccc(-c2ccc(C(F)(F)F)cn2)cc1. The Morgan fingerprint density at radius 2 is 0.867 bits per heavy atom. The summed E-state index contributed by atoms with van der Waals surface area (Å²) in [5.74, 6) is -14.5. The number of alkyl halides is 10. The van der Waals surface area contributed by atoms with Gasteiger partial charge in [0.25, 0.3) is 11.8 Å². The number of benzene rings is 4. The van der Waals surface area contributed by atoms with Crippen LogP contribution in [0.2, 0.25) is 0 Å². The number of alkyl carbamates (subject to hydrolysis) is 2. The number of carbonyl (C=O) groups excluding carboxylic acids is 6. The lowest BCUT2D eigenvalue weighted by Crippen LogP contribution is -2.49. The van der Waals surface area contributed by atoms with Gasteiger partial charge in [-0.2, -0.15) is 26.3 Å². The van der Waals surface area contributed by atoms with Crippen LogP contribution in [0.25, 0.3) is 22.5 Å². The molecule has 0 bridgehead atoms. The zero-order chi connectivity index (χ0) is 66.6. The first-order chi connectivity index (χ1) is 41.8. The number of halogens is 12. The van der Waals surface area contributed by atoms with Crippen molar-refractivity contribution in [3.63, 3.8) is 0 Å². The smallest absolute Gasteiger partial charge is 0.417 e. The van der Waals surface area contributed by atoms with Gasteiger partial charge < -0.3 is 39.4 Å². The Bertz CT molecular complexity index is 3410. The topological polar surface area (TPSA) is 196 Å². The summed E-state index contributed by atoms with van der Waals surface area (Å²) in [5.41, 5.74) is -5.90. The van der Waals surface area contributed by atoms with E-state index < -0.39 is 153 Å². The van der Waals surface area contributed by atoms with E-state index in [-0.39, 0.29) is 37.7 Å². The largest absolute Gasteiger partial charge is 0.462 e. The minimum Gasteiger partial charge on any atom is -0.462 e. The lowest BCUT2D eigenvalue weighted by molar-refractivity contribution is -0.138. The zero-order valence-electron chi connectivity index (χ0n) is 49.2. The van der Waals surface area contributed by atoms with Crippen molar-refractivity contribution in [2.24, 2.45) is 0 Å². The Hall–Kier alpha value is -9.24. The third-order valence-electron chi connectivity index (χ3n) is 13.3. The number of nitrogens with one attached hydrogen (secondary N) is 2. The van der Waals surface area contributed by atoms with E-state index in [4.69, 9.17) is 18.9 Å². The van der Waals surface area contributed by atoms with E-state index in [2.05, 4.69) is 20.6 Å². The molecule has 2 aromatic heterocycles. The summed E-state index contributed by atoms with van der Waals surface area (Å²) in [5, 5.41) is 4.37. The molecule has 0 fully saturated rings. The number of anilines is 2. The maximum absolute atomic E-state index is 15.7. The van der Waals surface area contributed by atoms with Crippen molar-refractivity contribution < 1.29 is 100 Å². The fourth-order valence-electron chi connectivity index (χ4n) is 9.25. The van der Waals surface area contributed by atoms with Crippen molar-refractivity contribution >= 4 is 47.3 Å². The highest BCUT2D eigenvalue weighted by atomic mass is 19.4. The van der Waals surface area contributed by atoms with Gasteiger partial charge in [-0.1, -0.05) is 48.5 Å². The van der Waals surface area contributed by atoms with E-state index in [9.17, 15) is 63.9 Å². The highest BCUT2D eigenvalue weighted by Crippen LogP contribution is 2.46. The number of amides is 4. The van der Waals surface area contributed by atoms with Crippen LogP contribution in [0, 0.1) is 11.6 Å². The first kappa shape index (κ1) is 68.3. The van der Waals surface area contributed by atoms with Gasteiger partial charge >= 0.3 is 36.5 Å². The third kappa shape index (κ3) is 16.7. The lowest BCUT2D eigenvalue weighted by Gasteiger charge is -2.27. The average Bonchev–Trinajstić information content (AvgIpc) is 1.68. The molecule has 2 aliphatic rings. The van der Waals surface area contributed by atoms with Crippen LogP contribution in [0.1, 0.15) is 122 Å². The number of nitrogens with zero attached hydrogens (tertiary/aromatic N) is 4. The maximum atomic E-state index is 15.7. The van der Waals surface area contributed by atoms with Crippen molar-refractivity contribution in [3.05, 3.63) is 166 Å². The molecule has 0 radical (unpaired) electrons. The molecule has 2 atom stereocenters. The number of aromatic nitrogens is 2. The highest BCUT2D eigenvalue weighted by molar-refractivity contribution is 6.03. The summed E-state index contributed by atoms with van der Waals surface area (Å²) in [4.78, 5) is 87.0. The second-order valence-corrected chi connectivity index (χ2v) is 22.5. The van der Waals surface area contributed by atoms with E-state index in [0.717, 1.165) is 34.1 Å². The Morgan fingerprint density at radius 3 is 1.14 bits per heavy atom. The first-order valence-corrected chi connectivity index (χ1v) is 27.4. The number of hydrogen-bond acceptors (Lipinski definition) is 12. The molecule has 2 aliphatic heterocycles. The van der Waals surface area contributed by atoms with Gasteiger partial charge in [0.05, 0.1) is 71.3 Å². The van der Waals surface area contributed by atoms with Gasteiger partial charge in [0.1, 0.15) is 34.9 Å². The van der Waals surface area contributed by atoms with Gasteiger partial charge in [-0.3, -0.25) is 19.6 Å². The maximum Gasteiger partial charge on any atom is 0.417 e. The summed E-state index contributed by atoms with van der Waals surface area (Å²) < 4.78 is 190. The van der Waals surface area contributed by atoms with Gasteiger partial charge in [-0.25, -0.2) is 45.5 Å². The number of rotatable bonds is 12. The molecule has 2 N–H and O–H groups in total. The molecule has 4 aromatic carbocycles. The zero-order valence-corrected chi connectivity index (χ0v) is 49.2. The number of fused-ring (bicyclic) bond motifs is 2. The van der Waals surface area contributed by atoms with Crippen LogP contribution in [0.5, 0.6) is 0 Å². The molecule has 90 heavy (non-hydrogen) atoms. The number of ether oxygens (including phenoxy) is 4. The second-order valence-electron chi connectivity index (χ2n) is 22.5. The predicted octanol–water partition coefficient (Wildman–Crippen LogP) is 14.0. The number of esters is 2. The number of pyridine rings is 2. The summed E-state index contributed by atoms with van der Waals surface area (Å²) in [6.07, 6.45) is -12.5. The van der Waals surface area contributed by atoms with Crippen LogP contribution >= 0.6 is 0 Å². The molecule has 4 amide bonds. The van der Waals surface area contributed by atoms with E-state index >= 15 is 17.6 Å². The van der Waals surface area contributed by atoms with Gasteiger partial charge in [0.2, 0.25) is 11.8 Å². The Labute approximate surface area is 506 Å². The quantitative estimate of drug-likeness (QED) is 0.0669. The normalized spacial score (nSPS) is 16.4. The fraction of sp³-hybridized carbons (Fsp3) is 0.355. The molecule has 8 rings (SSSR count). The van der Waals surface area contributed by atoms with E-state index in [0.29, 0.717) is 46.8 Å². The molecular weight excluding hydrogens is 1220 g/mol. The summed E-state index contributed by atoms with van der Waals surface area (Å²) >= 11 is 0. The van der Waals surface area contributed by atoms with Crippen molar-refractivity contribution in [3.8, 4) is 22.5 Å². The average molecular weight is 1280 g/mol. The molecule has 1 unspecified atom stereocenters. The van der Waals surface area contributed by atoms with Crippen molar-refractivity contribution in [2.75, 3.05) is 23.0 Å². The van der Waals surface area contributed by atoms with Crippen LogP contribution < -0.4 is 20.4 Å². The van der Waals surface area contributed by atoms with Crippen LogP contribution in [0.15, 0.2) is 109 Å². The van der Waals surface area contributed by atoms with Crippen molar-refractivity contribution in [1.29, 1.82) is 0 Å². The predicted molar refractivity (Wildman–Crippen MR) is 300 cm³/mol. The molecule has 480 valence electrons. The van der Waals surface area contributed by atoms with E-state index in [1.54, 1.807) is 41.5 Å². The van der Waals surface area contributed by atoms with Gasteiger partial charge in [-0.05, 0) is 115 Å².